The van der Waals surface area contributed by atoms with Crippen LogP contribution in [0.15, 0.2) is 60.8 Å². The molecule has 0 aliphatic carbocycles. The van der Waals surface area contributed by atoms with Crippen molar-refractivity contribution in [1.29, 1.82) is 0 Å². The third-order valence-corrected chi connectivity index (χ3v) is 13.4. The monoisotopic (exact) mass is 976 g/mol. The van der Waals surface area contributed by atoms with E-state index in [0.717, 1.165) is 64.2 Å². The normalized spacial score (nSPS) is 13.6. The third kappa shape index (κ3) is 55.1. The van der Waals surface area contributed by atoms with Crippen LogP contribution in [0.5, 0.6) is 0 Å². The topological polar surface area (TPSA) is 117 Å². The molecule has 398 valence electrons. The smallest absolute Gasteiger partial charge is 0.457 e. The van der Waals surface area contributed by atoms with Gasteiger partial charge in [0.1, 0.15) is 6.10 Å². The Morgan fingerprint density at radius 1 is 0.456 bits per heavy atom. The Hall–Kier alpha value is -1.80. The standard InChI is InChI=1S/C59H110NO7P/c1-3-5-7-9-11-13-15-17-19-21-23-25-27-28-29-31-33-35-37-39-41-43-45-47-49-51-54-64-56-58(57-66-68(62,63)65-55-53-60)67-59(61)52-50-48-46-44-42-40-38-36-34-32-30-26-24-22-20-18-16-14-12-10-8-6-4-2/h5,7,11,13,17,19,23,25,28-29,58H,3-4,6,8-10,12,14-16,18,20-22,24,26-27,30-57,60H2,1-2H3,(H,62,63)/b7-5-,13-11-,19-17-,25-23-,29-28-. The lowest BCUT2D eigenvalue weighted by Gasteiger charge is -2.20. The molecular weight excluding hydrogens is 866 g/mol. The van der Waals surface area contributed by atoms with Gasteiger partial charge in [-0.25, -0.2) is 4.57 Å². The molecule has 2 unspecified atom stereocenters. The highest BCUT2D eigenvalue weighted by molar-refractivity contribution is 7.47. The fraction of sp³-hybridized carbons (Fsp3) is 0.814. The minimum atomic E-state index is -4.29. The second-order valence-corrected chi connectivity index (χ2v) is 20.6. The van der Waals surface area contributed by atoms with E-state index in [9.17, 15) is 14.3 Å². The van der Waals surface area contributed by atoms with Gasteiger partial charge >= 0.3 is 13.8 Å². The summed E-state index contributed by atoms with van der Waals surface area (Å²) in [5.74, 6) is -0.327. The zero-order valence-corrected chi connectivity index (χ0v) is 45.5. The highest BCUT2D eigenvalue weighted by Gasteiger charge is 2.25. The van der Waals surface area contributed by atoms with E-state index in [1.54, 1.807) is 0 Å². The van der Waals surface area contributed by atoms with Crippen LogP contribution in [0, 0.1) is 0 Å². The van der Waals surface area contributed by atoms with Crippen LogP contribution in [-0.2, 0) is 27.9 Å². The van der Waals surface area contributed by atoms with Gasteiger partial charge in [-0.1, -0.05) is 267 Å². The Labute approximate surface area is 421 Å². The van der Waals surface area contributed by atoms with E-state index in [1.165, 1.54) is 186 Å². The summed E-state index contributed by atoms with van der Waals surface area (Å²) in [7, 11) is -4.29. The Kier molecular flexibility index (Phi) is 54.6. The second kappa shape index (κ2) is 56.1. The summed E-state index contributed by atoms with van der Waals surface area (Å²) in [6.45, 7) is 4.85. The molecule has 0 aromatic rings. The van der Waals surface area contributed by atoms with Crippen molar-refractivity contribution in [3.05, 3.63) is 60.8 Å². The number of carbonyl (C=O) groups excluding carboxylic acids is 1. The van der Waals surface area contributed by atoms with Crippen molar-refractivity contribution in [3.8, 4) is 0 Å². The quantitative estimate of drug-likeness (QED) is 0.0268. The van der Waals surface area contributed by atoms with E-state index < -0.39 is 13.9 Å². The molecule has 0 aromatic heterocycles. The average molecular weight is 977 g/mol. The van der Waals surface area contributed by atoms with Crippen LogP contribution in [0.2, 0.25) is 0 Å². The molecule has 0 heterocycles. The zero-order valence-electron chi connectivity index (χ0n) is 44.6. The molecule has 0 saturated carbocycles. The van der Waals surface area contributed by atoms with Gasteiger partial charge in [-0.05, 0) is 57.8 Å². The lowest BCUT2D eigenvalue weighted by molar-refractivity contribution is -0.154. The average Bonchev–Trinajstić information content (AvgIpc) is 3.33. The first-order valence-electron chi connectivity index (χ1n) is 28.8. The van der Waals surface area contributed by atoms with Gasteiger partial charge < -0.3 is 20.1 Å². The van der Waals surface area contributed by atoms with E-state index in [-0.39, 0.29) is 32.3 Å². The molecular formula is C59H110NO7P. The summed E-state index contributed by atoms with van der Waals surface area (Å²) in [6.07, 6.45) is 71.3. The van der Waals surface area contributed by atoms with Crippen LogP contribution in [0.4, 0.5) is 0 Å². The third-order valence-electron chi connectivity index (χ3n) is 12.4. The number of phosphoric ester groups is 1. The highest BCUT2D eigenvalue weighted by Crippen LogP contribution is 2.43. The minimum absolute atomic E-state index is 0.0965. The number of allylic oxidation sites excluding steroid dienone is 10. The predicted molar refractivity (Wildman–Crippen MR) is 293 cm³/mol. The maximum absolute atomic E-state index is 12.7. The number of hydrogen-bond donors (Lipinski definition) is 2. The summed E-state index contributed by atoms with van der Waals surface area (Å²) in [5.41, 5.74) is 5.40. The Balaban J connectivity index is 3.88. The number of esters is 1. The molecule has 0 bridgehead atoms. The van der Waals surface area contributed by atoms with Gasteiger partial charge in [0.15, 0.2) is 0 Å². The molecule has 0 aliphatic rings. The summed E-state index contributed by atoms with van der Waals surface area (Å²) in [6, 6.07) is 0. The van der Waals surface area contributed by atoms with Crippen molar-refractivity contribution in [1.82, 2.24) is 0 Å². The number of ether oxygens (including phenoxy) is 2. The summed E-state index contributed by atoms with van der Waals surface area (Å²) in [5, 5.41) is 0. The van der Waals surface area contributed by atoms with Crippen LogP contribution in [-0.4, -0.2) is 49.9 Å². The van der Waals surface area contributed by atoms with E-state index in [1.807, 2.05) is 0 Å². The van der Waals surface area contributed by atoms with E-state index in [0.29, 0.717) is 13.0 Å². The Morgan fingerprint density at radius 2 is 0.824 bits per heavy atom. The van der Waals surface area contributed by atoms with Crippen LogP contribution in [0.25, 0.3) is 0 Å². The molecule has 0 aromatic carbocycles. The maximum Gasteiger partial charge on any atom is 0.472 e. The van der Waals surface area contributed by atoms with Crippen molar-refractivity contribution < 1.29 is 32.8 Å². The minimum Gasteiger partial charge on any atom is -0.457 e. The van der Waals surface area contributed by atoms with E-state index >= 15 is 0 Å². The van der Waals surface area contributed by atoms with Crippen molar-refractivity contribution in [2.45, 2.75) is 277 Å². The van der Waals surface area contributed by atoms with Gasteiger partial charge in [0.2, 0.25) is 0 Å². The Bertz CT molecular complexity index is 1230. The summed E-state index contributed by atoms with van der Waals surface area (Å²) in [4.78, 5) is 22.7. The number of nitrogens with two attached hydrogens (primary N) is 1. The molecule has 8 nitrogen and oxygen atoms in total. The molecule has 0 radical (unpaired) electrons. The van der Waals surface area contributed by atoms with Crippen molar-refractivity contribution in [2.24, 2.45) is 5.73 Å². The highest BCUT2D eigenvalue weighted by atomic mass is 31.2. The number of hydrogen-bond acceptors (Lipinski definition) is 7. The van der Waals surface area contributed by atoms with Crippen molar-refractivity contribution in [2.75, 3.05) is 33.0 Å². The first-order chi connectivity index (χ1) is 33.4. The number of rotatable bonds is 55. The zero-order chi connectivity index (χ0) is 49.4. The molecule has 3 N–H and O–H groups in total. The van der Waals surface area contributed by atoms with E-state index in [2.05, 4.69) is 74.6 Å². The van der Waals surface area contributed by atoms with E-state index in [4.69, 9.17) is 24.3 Å². The molecule has 0 rings (SSSR count). The summed E-state index contributed by atoms with van der Waals surface area (Å²) < 4.78 is 33.7. The largest absolute Gasteiger partial charge is 0.472 e. The number of carbonyl (C=O) groups is 1. The van der Waals surface area contributed by atoms with Gasteiger partial charge in [0.25, 0.3) is 0 Å². The molecule has 68 heavy (non-hydrogen) atoms. The van der Waals surface area contributed by atoms with Crippen LogP contribution in [0.3, 0.4) is 0 Å². The fourth-order valence-electron chi connectivity index (χ4n) is 8.26. The molecule has 0 aliphatic heterocycles. The molecule has 0 fully saturated rings. The lowest BCUT2D eigenvalue weighted by Crippen LogP contribution is -2.28. The molecule has 0 amide bonds. The predicted octanol–water partition coefficient (Wildman–Crippen LogP) is 18.4. The van der Waals surface area contributed by atoms with Gasteiger partial charge in [0, 0.05) is 19.6 Å². The van der Waals surface area contributed by atoms with Crippen LogP contribution >= 0.6 is 7.82 Å². The fourth-order valence-corrected chi connectivity index (χ4v) is 9.03. The van der Waals surface area contributed by atoms with Gasteiger partial charge in [-0.3, -0.25) is 13.8 Å². The van der Waals surface area contributed by atoms with Gasteiger partial charge in [0.05, 0.1) is 19.8 Å². The van der Waals surface area contributed by atoms with Crippen LogP contribution < -0.4 is 5.73 Å². The second-order valence-electron chi connectivity index (χ2n) is 19.1. The first kappa shape index (κ1) is 66.2. The summed E-state index contributed by atoms with van der Waals surface area (Å²) >= 11 is 0. The van der Waals surface area contributed by atoms with Crippen molar-refractivity contribution >= 4 is 13.8 Å². The first-order valence-corrected chi connectivity index (χ1v) is 30.3. The lowest BCUT2D eigenvalue weighted by atomic mass is 10.0. The molecule has 9 heteroatoms. The number of phosphoric acid groups is 1. The molecule has 0 spiro atoms. The van der Waals surface area contributed by atoms with Gasteiger partial charge in [-0.15, -0.1) is 0 Å². The SMILES string of the molecule is CC/C=C\C/C=C\C/C=C\C/C=C\C/C=C\CCCCCCCCCCCCOCC(COP(=O)(O)OCCN)OC(=O)CCCCCCCCCCCCCCCCCCCCCCCCC. The molecule has 2 atom stereocenters. The van der Waals surface area contributed by atoms with Crippen molar-refractivity contribution in [3.63, 3.8) is 0 Å². The van der Waals surface area contributed by atoms with Gasteiger partial charge in [-0.2, -0.15) is 0 Å². The van der Waals surface area contributed by atoms with Crippen LogP contribution in [0.1, 0.15) is 271 Å². The number of unbranched alkanes of at least 4 members (excludes halogenated alkanes) is 32. The molecule has 0 saturated heterocycles. The maximum atomic E-state index is 12.7. The Morgan fingerprint density at radius 3 is 1.24 bits per heavy atom.